The van der Waals surface area contributed by atoms with Crippen molar-refractivity contribution in [3.05, 3.63) is 11.1 Å². The molecule has 1 heterocycles. The van der Waals surface area contributed by atoms with Crippen LogP contribution >= 0.6 is 11.8 Å². The van der Waals surface area contributed by atoms with Gasteiger partial charge in [0.15, 0.2) is 0 Å². The molecule has 0 atom stereocenters. The molecule has 0 spiro atoms. The minimum Gasteiger partial charge on any atom is -0.378 e. The Morgan fingerprint density at radius 3 is 2.35 bits per heavy atom. The Bertz CT molecular complexity index is 198. The molecule has 0 bridgehead atoms. The van der Waals surface area contributed by atoms with Crippen LogP contribution in [0.3, 0.4) is 0 Å². The van der Waals surface area contributed by atoms with Crippen molar-refractivity contribution in [3.8, 4) is 0 Å². The molecule has 0 saturated carbocycles. The Hall–Kier alpha value is -0.150. The third-order valence-electron chi connectivity index (χ3n) is 2.43. The van der Waals surface area contributed by atoms with Gasteiger partial charge in [0.05, 0.1) is 13.2 Å². The highest BCUT2D eigenvalue weighted by Crippen LogP contribution is 2.18. The van der Waals surface area contributed by atoms with Crippen molar-refractivity contribution >= 4 is 11.8 Å². The lowest BCUT2D eigenvalue weighted by atomic mass is 10.3. The van der Waals surface area contributed by atoms with Gasteiger partial charge < -0.3 is 9.64 Å². The van der Waals surface area contributed by atoms with Crippen molar-refractivity contribution in [3.63, 3.8) is 0 Å². The van der Waals surface area contributed by atoms with Gasteiger partial charge in [-0.05, 0) is 23.5 Å². The summed E-state index contributed by atoms with van der Waals surface area (Å²) in [5.41, 5.74) is 1.48. The second-order valence-electron chi connectivity index (χ2n) is 4.29. The molecule has 0 aromatic rings. The van der Waals surface area contributed by atoms with Gasteiger partial charge in [0.1, 0.15) is 0 Å². The van der Waals surface area contributed by atoms with E-state index in [-0.39, 0.29) is 0 Å². The molecular weight excluding hydrogens is 230 g/mol. The van der Waals surface area contributed by atoms with Gasteiger partial charge in [0.25, 0.3) is 0 Å². The van der Waals surface area contributed by atoms with E-state index in [1.165, 1.54) is 11.4 Å². The van der Waals surface area contributed by atoms with E-state index in [2.05, 4.69) is 31.1 Å². The maximum absolute atomic E-state index is 5.36. The quantitative estimate of drug-likeness (QED) is 0.741. The number of hydrogen-bond donors (Lipinski definition) is 0. The second kappa shape index (κ2) is 11.0. The molecule has 0 amide bonds. The van der Waals surface area contributed by atoms with Crippen LogP contribution in [0.25, 0.3) is 0 Å². The van der Waals surface area contributed by atoms with E-state index in [0.717, 1.165) is 38.6 Å². The number of morpholine rings is 1. The van der Waals surface area contributed by atoms with E-state index in [1.54, 1.807) is 0 Å². The lowest BCUT2D eigenvalue weighted by Crippen LogP contribution is -2.35. The molecule has 0 aliphatic carbocycles. The van der Waals surface area contributed by atoms with Crippen molar-refractivity contribution < 1.29 is 4.74 Å². The first-order valence-corrected chi connectivity index (χ1v) is 7.92. The van der Waals surface area contributed by atoms with Gasteiger partial charge in [-0.25, -0.2) is 0 Å². The van der Waals surface area contributed by atoms with E-state index in [1.807, 2.05) is 25.6 Å². The van der Waals surface area contributed by atoms with Crippen LogP contribution < -0.4 is 0 Å². The number of rotatable bonds is 5. The molecule has 1 saturated heterocycles. The van der Waals surface area contributed by atoms with E-state index < -0.39 is 0 Å². The fourth-order valence-electron chi connectivity index (χ4n) is 1.57. The maximum Gasteiger partial charge on any atom is 0.0642 e. The highest BCUT2D eigenvalue weighted by atomic mass is 32.2. The highest BCUT2D eigenvalue weighted by Gasteiger charge is 2.11. The normalized spacial score (nSPS) is 16.8. The van der Waals surface area contributed by atoms with Crippen LogP contribution in [0.1, 0.15) is 41.0 Å². The monoisotopic (exact) mass is 259 g/mol. The predicted molar refractivity (Wildman–Crippen MR) is 79.4 cm³/mol. The number of allylic oxidation sites excluding steroid dienone is 1. The van der Waals surface area contributed by atoms with Crippen LogP contribution in [0, 0.1) is 5.92 Å². The Morgan fingerprint density at radius 2 is 1.88 bits per heavy atom. The zero-order valence-electron chi connectivity index (χ0n) is 12.2. The average Bonchev–Trinajstić information content (AvgIpc) is 2.38. The smallest absolute Gasteiger partial charge is 0.0642 e. The van der Waals surface area contributed by atoms with Gasteiger partial charge in [-0.1, -0.05) is 34.6 Å². The summed E-state index contributed by atoms with van der Waals surface area (Å²) in [6.45, 7) is 14.6. The maximum atomic E-state index is 5.36. The molecule has 0 radical (unpaired) electrons. The van der Waals surface area contributed by atoms with Gasteiger partial charge in [-0.2, -0.15) is 0 Å². The van der Waals surface area contributed by atoms with Crippen LogP contribution in [-0.2, 0) is 4.74 Å². The first kappa shape index (κ1) is 16.9. The first-order valence-electron chi connectivity index (χ1n) is 6.87. The van der Waals surface area contributed by atoms with Gasteiger partial charge in [0, 0.05) is 18.8 Å². The Labute approximate surface area is 112 Å². The molecule has 1 fully saturated rings. The molecule has 1 aliphatic heterocycles. The Kier molecular flexibility index (Phi) is 10.9. The molecule has 3 heteroatoms. The molecule has 1 rings (SSSR count). The minimum absolute atomic E-state index is 0.772. The van der Waals surface area contributed by atoms with Crippen LogP contribution in [0.4, 0.5) is 0 Å². The summed E-state index contributed by atoms with van der Waals surface area (Å²) in [5.74, 6) is 1.99. The highest BCUT2D eigenvalue weighted by molar-refractivity contribution is 8.02. The zero-order valence-corrected chi connectivity index (χ0v) is 13.0. The molecular formula is C14H29NOS. The molecule has 17 heavy (non-hydrogen) atoms. The number of nitrogens with zero attached hydrogens (tertiary/aromatic N) is 1. The van der Waals surface area contributed by atoms with Crippen LogP contribution in [0.15, 0.2) is 11.1 Å². The summed E-state index contributed by atoms with van der Waals surface area (Å²) in [4.78, 5) is 2.46. The van der Waals surface area contributed by atoms with E-state index >= 15 is 0 Å². The third kappa shape index (κ3) is 7.72. The summed E-state index contributed by atoms with van der Waals surface area (Å²) in [6.07, 6.45) is 1.13. The summed E-state index contributed by atoms with van der Waals surface area (Å²) in [7, 11) is 0. The standard InChI is InChI=1S/C12H23NOS.C2H6/c1-4-12(10-15-9-11(2)3)13-5-7-14-8-6-13;1-2/h10-11H,4-9H2,1-3H3;1-2H3/b12-10+;. The molecule has 0 aromatic carbocycles. The van der Waals surface area contributed by atoms with E-state index in [9.17, 15) is 0 Å². The summed E-state index contributed by atoms with van der Waals surface area (Å²) >= 11 is 1.94. The van der Waals surface area contributed by atoms with Gasteiger partial charge in [-0.15, -0.1) is 11.8 Å². The van der Waals surface area contributed by atoms with Crippen molar-refractivity contribution in [1.82, 2.24) is 4.90 Å². The summed E-state index contributed by atoms with van der Waals surface area (Å²) < 4.78 is 5.36. The van der Waals surface area contributed by atoms with Crippen LogP contribution in [-0.4, -0.2) is 37.0 Å². The molecule has 0 unspecified atom stereocenters. The summed E-state index contributed by atoms with van der Waals surface area (Å²) in [5, 5.41) is 2.34. The Morgan fingerprint density at radius 1 is 1.29 bits per heavy atom. The zero-order chi connectivity index (χ0) is 13.1. The molecule has 2 nitrogen and oxygen atoms in total. The average molecular weight is 259 g/mol. The number of hydrogen-bond acceptors (Lipinski definition) is 3. The fourth-order valence-corrected chi connectivity index (χ4v) is 2.56. The molecule has 0 aromatic heterocycles. The number of thioether (sulfide) groups is 1. The van der Waals surface area contributed by atoms with Crippen molar-refractivity contribution in [2.75, 3.05) is 32.1 Å². The van der Waals surface area contributed by atoms with Gasteiger partial charge in [0.2, 0.25) is 0 Å². The molecule has 102 valence electrons. The van der Waals surface area contributed by atoms with Crippen LogP contribution in [0.2, 0.25) is 0 Å². The lowest BCUT2D eigenvalue weighted by Gasteiger charge is -2.30. The number of ether oxygens (including phenoxy) is 1. The summed E-state index contributed by atoms with van der Waals surface area (Å²) in [6, 6.07) is 0. The SMILES string of the molecule is CC.CC/C(=C\SCC(C)C)N1CCOCC1. The van der Waals surface area contributed by atoms with Crippen molar-refractivity contribution in [2.24, 2.45) is 5.92 Å². The van der Waals surface area contributed by atoms with E-state index in [0.29, 0.717) is 0 Å². The van der Waals surface area contributed by atoms with Crippen molar-refractivity contribution in [2.45, 2.75) is 41.0 Å². The lowest BCUT2D eigenvalue weighted by molar-refractivity contribution is 0.0525. The van der Waals surface area contributed by atoms with Gasteiger partial charge in [-0.3, -0.25) is 0 Å². The van der Waals surface area contributed by atoms with E-state index in [4.69, 9.17) is 4.74 Å². The molecule has 1 aliphatic rings. The van der Waals surface area contributed by atoms with Crippen molar-refractivity contribution in [1.29, 1.82) is 0 Å². The largest absolute Gasteiger partial charge is 0.378 e. The van der Waals surface area contributed by atoms with Gasteiger partial charge >= 0.3 is 0 Å². The second-order valence-corrected chi connectivity index (χ2v) is 5.19. The topological polar surface area (TPSA) is 12.5 Å². The predicted octanol–water partition coefficient (Wildman–Crippen LogP) is 3.99. The molecule has 0 N–H and O–H groups in total. The van der Waals surface area contributed by atoms with Crippen LogP contribution in [0.5, 0.6) is 0 Å². The third-order valence-corrected chi connectivity index (χ3v) is 3.73. The minimum atomic E-state index is 0.772. The fraction of sp³-hybridized carbons (Fsp3) is 0.857. The Balaban J connectivity index is 0.00000121. The first-order chi connectivity index (χ1) is 8.24.